The second kappa shape index (κ2) is 8.87. The first-order chi connectivity index (χ1) is 13.9. The molecule has 0 fully saturated rings. The van der Waals surface area contributed by atoms with Crippen LogP contribution in [0.15, 0.2) is 40.8 Å². The maximum atomic E-state index is 12.5. The molecule has 0 spiro atoms. The van der Waals surface area contributed by atoms with Crippen LogP contribution in [0, 0.1) is 13.8 Å². The predicted molar refractivity (Wildman–Crippen MR) is 109 cm³/mol. The molecular formula is C22H24N2O5. The van der Waals surface area contributed by atoms with E-state index in [2.05, 4.69) is 4.98 Å². The van der Waals surface area contributed by atoms with Crippen molar-refractivity contribution < 1.29 is 23.5 Å². The molecule has 0 aliphatic heterocycles. The van der Waals surface area contributed by atoms with Gasteiger partial charge < -0.3 is 18.5 Å². The van der Waals surface area contributed by atoms with Gasteiger partial charge in [-0.3, -0.25) is 4.79 Å². The highest BCUT2D eigenvalue weighted by atomic mass is 16.5. The van der Waals surface area contributed by atoms with E-state index in [1.807, 2.05) is 49.6 Å². The quantitative estimate of drug-likeness (QED) is 0.326. The van der Waals surface area contributed by atoms with Gasteiger partial charge in [0.15, 0.2) is 12.2 Å². The molecule has 0 amide bonds. The number of carbonyl (C=O) groups is 2. The Kier molecular flexibility index (Phi) is 6.29. The highest BCUT2D eigenvalue weighted by Gasteiger charge is 2.19. The molecule has 1 atom stereocenters. The van der Waals surface area contributed by atoms with Crippen molar-refractivity contribution in [3.63, 3.8) is 0 Å². The molecule has 3 aromatic rings. The van der Waals surface area contributed by atoms with Crippen LogP contribution in [-0.2, 0) is 14.3 Å². The zero-order valence-corrected chi connectivity index (χ0v) is 17.0. The first kappa shape index (κ1) is 20.5. The van der Waals surface area contributed by atoms with Gasteiger partial charge in [-0.1, -0.05) is 12.1 Å². The molecule has 0 radical (unpaired) electrons. The van der Waals surface area contributed by atoms with Gasteiger partial charge in [-0.2, -0.15) is 0 Å². The number of rotatable bonds is 8. The Labute approximate surface area is 168 Å². The lowest BCUT2D eigenvalue weighted by Crippen LogP contribution is -2.16. The van der Waals surface area contributed by atoms with Gasteiger partial charge in [-0.25, -0.2) is 9.78 Å². The Balaban J connectivity index is 1.61. The van der Waals surface area contributed by atoms with Crippen molar-refractivity contribution in [1.82, 2.24) is 9.55 Å². The molecule has 0 aliphatic rings. The van der Waals surface area contributed by atoms with Crippen molar-refractivity contribution in [1.29, 1.82) is 0 Å². The summed E-state index contributed by atoms with van der Waals surface area (Å²) in [7, 11) is 1.64. The molecule has 7 nitrogen and oxygen atoms in total. The minimum absolute atomic E-state index is 0.100. The van der Waals surface area contributed by atoms with E-state index in [4.69, 9.17) is 13.9 Å². The van der Waals surface area contributed by atoms with Crippen LogP contribution in [0.1, 0.15) is 40.6 Å². The van der Waals surface area contributed by atoms with E-state index in [1.54, 1.807) is 13.2 Å². The number of oxazole rings is 1. The molecule has 29 heavy (non-hydrogen) atoms. The summed E-state index contributed by atoms with van der Waals surface area (Å²) < 4.78 is 17.8. The number of esters is 1. The zero-order valence-electron chi connectivity index (χ0n) is 17.0. The van der Waals surface area contributed by atoms with Crippen molar-refractivity contribution in [2.24, 2.45) is 0 Å². The Morgan fingerprint density at radius 2 is 2.03 bits per heavy atom. The molecule has 0 bridgehead atoms. The van der Waals surface area contributed by atoms with Crippen molar-refractivity contribution in [3.8, 4) is 0 Å². The van der Waals surface area contributed by atoms with Crippen LogP contribution in [0.25, 0.3) is 17.2 Å². The Hall–Kier alpha value is -3.19. The van der Waals surface area contributed by atoms with Crippen LogP contribution in [0.5, 0.6) is 0 Å². The first-order valence-electron chi connectivity index (χ1n) is 9.31. The average molecular weight is 396 g/mol. The molecule has 1 unspecified atom stereocenters. The number of hydrogen-bond acceptors (Lipinski definition) is 6. The van der Waals surface area contributed by atoms with E-state index in [0.29, 0.717) is 29.2 Å². The average Bonchev–Trinajstić information content (AvgIpc) is 3.24. The lowest BCUT2D eigenvalue weighted by molar-refractivity contribution is -0.136. The maximum absolute atomic E-state index is 12.5. The summed E-state index contributed by atoms with van der Waals surface area (Å²) in [6.07, 6.45) is 2.62. The van der Waals surface area contributed by atoms with Crippen molar-refractivity contribution >= 4 is 28.9 Å². The fraction of sp³-hybridized carbons (Fsp3) is 0.318. The van der Waals surface area contributed by atoms with Crippen LogP contribution < -0.4 is 0 Å². The van der Waals surface area contributed by atoms with Gasteiger partial charge in [0.05, 0.1) is 12.6 Å². The summed E-state index contributed by atoms with van der Waals surface area (Å²) >= 11 is 0. The molecule has 2 heterocycles. The number of nitrogens with zero attached hydrogens (tertiary/aromatic N) is 2. The second-order valence-electron chi connectivity index (χ2n) is 6.84. The van der Waals surface area contributed by atoms with Gasteiger partial charge in [0, 0.05) is 36.2 Å². The lowest BCUT2D eigenvalue weighted by Gasteiger charge is -2.17. The summed E-state index contributed by atoms with van der Waals surface area (Å²) in [5.41, 5.74) is 3.66. The van der Waals surface area contributed by atoms with E-state index >= 15 is 0 Å². The Morgan fingerprint density at radius 3 is 2.76 bits per heavy atom. The molecule has 2 aromatic heterocycles. The smallest absolute Gasteiger partial charge is 0.331 e. The number of aromatic nitrogens is 2. The SMILES string of the molecule is COCC(C)n1c(C)cc(C(=O)COC(=O)/C=C/c2nc3ccccc3o2)c1C. The number of para-hydroxylation sites is 2. The third kappa shape index (κ3) is 4.63. The molecule has 3 rings (SSSR count). The summed E-state index contributed by atoms with van der Waals surface area (Å²) in [6, 6.07) is 9.21. The first-order valence-corrected chi connectivity index (χ1v) is 9.31. The van der Waals surface area contributed by atoms with Crippen LogP contribution in [0.3, 0.4) is 0 Å². The minimum Gasteiger partial charge on any atom is -0.454 e. The number of methoxy groups -OCH3 is 1. The van der Waals surface area contributed by atoms with Gasteiger partial charge in [-0.05, 0) is 39.0 Å². The van der Waals surface area contributed by atoms with Crippen molar-refractivity contribution in [2.75, 3.05) is 20.3 Å². The van der Waals surface area contributed by atoms with Crippen LogP contribution in [-0.4, -0.2) is 41.6 Å². The maximum Gasteiger partial charge on any atom is 0.331 e. The fourth-order valence-corrected chi connectivity index (χ4v) is 3.42. The lowest BCUT2D eigenvalue weighted by atomic mass is 10.1. The highest BCUT2D eigenvalue weighted by Crippen LogP contribution is 2.21. The van der Waals surface area contributed by atoms with Gasteiger partial charge in [0.1, 0.15) is 5.52 Å². The van der Waals surface area contributed by atoms with Crippen LogP contribution >= 0.6 is 0 Å². The van der Waals surface area contributed by atoms with Crippen molar-refractivity contribution in [3.05, 3.63) is 59.2 Å². The van der Waals surface area contributed by atoms with Crippen molar-refractivity contribution in [2.45, 2.75) is 26.8 Å². The summed E-state index contributed by atoms with van der Waals surface area (Å²) in [5, 5.41) is 0. The standard InChI is InChI=1S/C22H24N2O5/c1-14-11-17(16(3)24(14)15(2)12-27-4)19(25)13-28-22(26)10-9-21-23-18-7-5-6-8-20(18)29-21/h5-11,15H,12-13H2,1-4H3/b10-9+. The summed E-state index contributed by atoms with van der Waals surface area (Å²) in [4.78, 5) is 28.7. The molecule has 0 N–H and O–H groups in total. The number of carbonyl (C=O) groups excluding carboxylic acids is 2. The largest absolute Gasteiger partial charge is 0.454 e. The van der Waals surface area contributed by atoms with Gasteiger partial charge in [0.2, 0.25) is 11.7 Å². The molecule has 0 saturated carbocycles. The second-order valence-corrected chi connectivity index (χ2v) is 6.84. The van der Waals surface area contributed by atoms with E-state index in [-0.39, 0.29) is 18.4 Å². The Morgan fingerprint density at radius 1 is 1.28 bits per heavy atom. The van der Waals surface area contributed by atoms with E-state index < -0.39 is 5.97 Å². The molecule has 0 saturated heterocycles. The fourth-order valence-electron chi connectivity index (χ4n) is 3.42. The number of hydrogen-bond donors (Lipinski definition) is 0. The van der Waals surface area contributed by atoms with Crippen LogP contribution in [0.2, 0.25) is 0 Å². The van der Waals surface area contributed by atoms with Crippen LogP contribution in [0.4, 0.5) is 0 Å². The number of Topliss-reactive ketones (excluding diaryl/α,β-unsaturated/α-hetero) is 1. The minimum atomic E-state index is -0.637. The van der Waals surface area contributed by atoms with Gasteiger partial charge in [-0.15, -0.1) is 0 Å². The number of benzene rings is 1. The third-order valence-electron chi connectivity index (χ3n) is 4.65. The van der Waals surface area contributed by atoms with E-state index in [9.17, 15) is 9.59 Å². The summed E-state index contributed by atoms with van der Waals surface area (Å²) in [5.74, 6) is -0.593. The van der Waals surface area contributed by atoms with Gasteiger partial charge in [0.25, 0.3) is 0 Å². The monoisotopic (exact) mass is 396 g/mol. The summed E-state index contributed by atoms with van der Waals surface area (Å²) in [6.45, 7) is 6.04. The molecule has 0 aliphatic carbocycles. The number of ether oxygens (including phenoxy) is 2. The highest BCUT2D eigenvalue weighted by molar-refractivity contribution is 6.00. The number of aryl methyl sites for hydroxylation is 1. The molecular weight excluding hydrogens is 372 g/mol. The molecule has 152 valence electrons. The van der Waals surface area contributed by atoms with E-state index in [0.717, 1.165) is 11.4 Å². The normalized spacial score (nSPS) is 12.6. The number of ketones is 1. The van der Waals surface area contributed by atoms with E-state index in [1.165, 1.54) is 12.2 Å². The van der Waals surface area contributed by atoms with Gasteiger partial charge >= 0.3 is 5.97 Å². The topological polar surface area (TPSA) is 83.6 Å². The Bertz CT molecular complexity index is 1030. The zero-order chi connectivity index (χ0) is 21.0. The molecule has 7 heteroatoms. The number of fused-ring (bicyclic) bond motifs is 1. The predicted octanol–water partition coefficient (Wildman–Crippen LogP) is 3.89. The molecule has 1 aromatic carbocycles. The third-order valence-corrected chi connectivity index (χ3v) is 4.65.